The molecule has 5 rings (SSSR count). The van der Waals surface area contributed by atoms with Crippen molar-refractivity contribution < 1.29 is 13.9 Å². The lowest BCUT2D eigenvalue weighted by molar-refractivity contribution is 0.0620. The van der Waals surface area contributed by atoms with Gasteiger partial charge in [-0.05, 0) is 55.5 Å². The van der Waals surface area contributed by atoms with E-state index in [0.717, 1.165) is 36.5 Å². The number of ether oxygens (including phenoxy) is 1. The first-order valence-corrected chi connectivity index (χ1v) is 11.9. The van der Waals surface area contributed by atoms with Gasteiger partial charge in [0.25, 0.3) is 5.91 Å². The third-order valence-electron chi connectivity index (χ3n) is 6.18. The largest absolute Gasteiger partial charge is 0.492 e. The van der Waals surface area contributed by atoms with Crippen LogP contribution in [0, 0.1) is 6.92 Å². The van der Waals surface area contributed by atoms with Crippen LogP contribution in [0.15, 0.2) is 83.3 Å². The number of carbonyl (C=O) groups is 1. The smallest absolute Gasteiger partial charge is 0.253 e. The molecular weight excluding hydrogens is 440 g/mol. The van der Waals surface area contributed by atoms with Crippen molar-refractivity contribution in [3.05, 3.63) is 90.0 Å². The Balaban J connectivity index is 1.13. The molecule has 3 aromatic carbocycles. The van der Waals surface area contributed by atoms with Crippen molar-refractivity contribution in [3.63, 3.8) is 0 Å². The molecule has 4 aromatic rings. The summed E-state index contributed by atoms with van der Waals surface area (Å²) in [5, 5.41) is 8.34. The number of aryl methyl sites for hydroxylation is 1. The lowest BCUT2D eigenvalue weighted by Gasteiger charge is -2.34. The zero-order valence-electron chi connectivity index (χ0n) is 19.8. The van der Waals surface area contributed by atoms with Crippen LogP contribution in [0.3, 0.4) is 0 Å². The molecule has 0 N–H and O–H groups in total. The van der Waals surface area contributed by atoms with Crippen molar-refractivity contribution in [3.8, 4) is 28.7 Å². The molecule has 1 saturated heterocycles. The Bertz CT molecular complexity index is 1250. The third-order valence-corrected chi connectivity index (χ3v) is 6.18. The molecule has 2 heterocycles. The highest BCUT2D eigenvalue weighted by atomic mass is 16.5. The lowest BCUT2D eigenvalue weighted by atomic mass is 10.1. The lowest BCUT2D eigenvalue weighted by Crippen LogP contribution is -2.49. The normalized spacial score (nSPS) is 14.1. The minimum atomic E-state index is 0.0441. The summed E-state index contributed by atoms with van der Waals surface area (Å²) >= 11 is 0. The number of piperazine rings is 1. The quantitative estimate of drug-likeness (QED) is 0.396. The van der Waals surface area contributed by atoms with E-state index in [2.05, 4.69) is 15.1 Å². The van der Waals surface area contributed by atoms with E-state index in [9.17, 15) is 4.79 Å². The fourth-order valence-corrected chi connectivity index (χ4v) is 4.07. The van der Waals surface area contributed by atoms with E-state index in [1.807, 2.05) is 90.7 Å². The Morgan fingerprint density at radius 1 is 0.829 bits per heavy atom. The van der Waals surface area contributed by atoms with Crippen molar-refractivity contribution in [2.45, 2.75) is 6.92 Å². The first-order valence-electron chi connectivity index (χ1n) is 11.9. The number of benzene rings is 3. The zero-order chi connectivity index (χ0) is 24.0. The van der Waals surface area contributed by atoms with Crippen molar-refractivity contribution >= 4 is 5.91 Å². The van der Waals surface area contributed by atoms with Crippen LogP contribution in [0.1, 0.15) is 15.9 Å². The van der Waals surface area contributed by atoms with E-state index in [0.29, 0.717) is 37.0 Å². The molecule has 0 spiro atoms. The van der Waals surface area contributed by atoms with Gasteiger partial charge in [-0.25, -0.2) is 0 Å². The van der Waals surface area contributed by atoms with Gasteiger partial charge in [0.2, 0.25) is 11.8 Å². The molecule has 0 saturated carbocycles. The van der Waals surface area contributed by atoms with Crippen LogP contribution in [0.2, 0.25) is 0 Å². The summed E-state index contributed by atoms with van der Waals surface area (Å²) in [6.07, 6.45) is 0. The van der Waals surface area contributed by atoms with Gasteiger partial charge in [-0.2, -0.15) is 0 Å². The van der Waals surface area contributed by atoms with E-state index < -0.39 is 0 Å². The number of rotatable bonds is 7. The summed E-state index contributed by atoms with van der Waals surface area (Å²) < 4.78 is 11.6. The number of aromatic nitrogens is 2. The molecule has 1 aromatic heterocycles. The van der Waals surface area contributed by atoms with Gasteiger partial charge in [0.1, 0.15) is 12.4 Å². The molecule has 1 fully saturated rings. The Labute approximate surface area is 205 Å². The zero-order valence-corrected chi connectivity index (χ0v) is 19.8. The van der Waals surface area contributed by atoms with E-state index in [-0.39, 0.29) is 5.91 Å². The topological polar surface area (TPSA) is 71.7 Å². The Morgan fingerprint density at radius 2 is 1.43 bits per heavy atom. The van der Waals surface area contributed by atoms with E-state index in [1.54, 1.807) is 0 Å². The first-order chi connectivity index (χ1) is 17.2. The average molecular weight is 469 g/mol. The predicted octanol–water partition coefficient (Wildman–Crippen LogP) is 4.55. The number of amides is 1. The van der Waals surface area contributed by atoms with Crippen LogP contribution >= 0.6 is 0 Å². The van der Waals surface area contributed by atoms with Crippen LogP contribution in [0.4, 0.5) is 0 Å². The number of hydrogen-bond donors (Lipinski definition) is 0. The molecule has 7 heteroatoms. The highest BCUT2D eigenvalue weighted by Crippen LogP contribution is 2.24. The molecule has 0 aliphatic carbocycles. The van der Waals surface area contributed by atoms with Crippen LogP contribution in [0.5, 0.6) is 5.75 Å². The predicted molar refractivity (Wildman–Crippen MR) is 134 cm³/mol. The maximum atomic E-state index is 13.0. The summed E-state index contributed by atoms with van der Waals surface area (Å²) in [6, 6.07) is 25.2. The van der Waals surface area contributed by atoms with E-state index in [1.165, 1.54) is 5.56 Å². The Morgan fingerprint density at radius 3 is 2.06 bits per heavy atom. The van der Waals surface area contributed by atoms with Gasteiger partial charge in [-0.3, -0.25) is 9.69 Å². The fraction of sp³-hybridized carbons (Fsp3) is 0.250. The molecule has 1 aliphatic rings. The van der Waals surface area contributed by atoms with Crippen LogP contribution in [-0.2, 0) is 0 Å². The first kappa shape index (κ1) is 22.8. The van der Waals surface area contributed by atoms with Gasteiger partial charge in [-0.15, -0.1) is 10.2 Å². The summed E-state index contributed by atoms with van der Waals surface area (Å²) in [4.78, 5) is 17.2. The van der Waals surface area contributed by atoms with Gasteiger partial charge in [0.05, 0.1) is 0 Å². The van der Waals surface area contributed by atoms with Crippen molar-refractivity contribution in [2.75, 3.05) is 39.3 Å². The second-order valence-corrected chi connectivity index (χ2v) is 8.65. The molecular formula is C28H28N4O3. The number of nitrogens with zero attached hydrogens (tertiary/aromatic N) is 4. The van der Waals surface area contributed by atoms with E-state index in [4.69, 9.17) is 9.15 Å². The second-order valence-electron chi connectivity index (χ2n) is 8.65. The number of carbonyl (C=O) groups excluding carboxylic acids is 1. The number of hydrogen-bond acceptors (Lipinski definition) is 6. The Hall–Kier alpha value is -3.97. The van der Waals surface area contributed by atoms with Gasteiger partial charge >= 0.3 is 0 Å². The van der Waals surface area contributed by atoms with Gasteiger partial charge in [-0.1, -0.05) is 35.9 Å². The van der Waals surface area contributed by atoms with E-state index >= 15 is 0 Å². The van der Waals surface area contributed by atoms with Crippen LogP contribution in [0.25, 0.3) is 22.9 Å². The van der Waals surface area contributed by atoms with Gasteiger partial charge < -0.3 is 14.1 Å². The van der Waals surface area contributed by atoms with Gasteiger partial charge in [0.15, 0.2) is 0 Å². The highest BCUT2D eigenvalue weighted by Gasteiger charge is 2.22. The van der Waals surface area contributed by atoms with Crippen molar-refractivity contribution in [2.24, 2.45) is 0 Å². The summed E-state index contributed by atoms with van der Waals surface area (Å²) in [5.74, 6) is 1.84. The molecule has 0 bridgehead atoms. The molecule has 1 amide bonds. The SMILES string of the molecule is Cc1ccc(-c2nnc(-c3ccc(C(=O)N4CCN(CCOc5ccccc5)CC4)cc3)o2)cc1. The molecule has 0 radical (unpaired) electrons. The molecule has 7 nitrogen and oxygen atoms in total. The van der Waals surface area contributed by atoms with Crippen LogP contribution < -0.4 is 4.74 Å². The molecule has 35 heavy (non-hydrogen) atoms. The molecule has 1 aliphatic heterocycles. The van der Waals surface area contributed by atoms with Gasteiger partial charge in [0, 0.05) is 49.4 Å². The Kier molecular flexibility index (Phi) is 6.86. The minimum absolute atomic E-state index is 0.0441. The molecule has 0 unspecified atom stereocenters. The summed E-state index contributed by atoms with van der Waals surface area (Å²) in [7, 11) is 0. The standard InChI is InChI=1S/C28H28N4O3/c1-21-7-9-22(10-8-21)26-29-30-27(35-26)23-11-13-24(14-12-23)28(33)32-17-15-31(16-18-32)19-20-34-25-5-3-2-4-6-25/h2-14H,15-20H2,1H3. The van der Waals surface area contributed by atoms with Crippen molar-refractivity contribution in [1.82, 2.24) is 20.0 Å². The fourth-order valence-electron chi connectivity index (χ4n) is 4.07. The highest BCUT2D eigenvalue weighted by molar-refractivity contribution is 5.94. The monoisotopic (exact) mass is 468 g/mol. The third kappa shape index (κ3) is 5.58. The minimum Gasteiger partial charge on any atom is -0.492 e. The van der Waals surface area contributed by atoms with Crippen LogP contribution in [-0.4, -0.2) is 65.2 Å². The maximum Gasteiger partial charge on any atom is 0.253 e. The number of para-hydroxylation sites is 1. The maximum absolute atomic E-state index is 13.0. The molecule has 178 valence electrons. The average Bonchev–Trinajstić information content (AvgIpc) is 3.40. The summed E-state index contributed by atoms with van der Waals surface area (Å²) in [5.41, 5.74) is 3.50. The second kappa shape index (κ2) is 10.5. The molecule has 0 atom stereocenters. The van der Waals surface area contributed by atoms with Crippen molar-refractivity contribution in [1.29, 1.82) is 0 Å². The summed E-state index contributed by atoms with van der Waals surface area (Å²) in [6.45, 7) is 6.61.